The summed E-state index contributed by atoms with van der Waals surface area (Å²) < 4.78 is 40.3. The molecule has 2 aliphatic rings. The molecule has 0 unspecified atom stereocenters. The lowest BCUT2D eigenvalue weighted by atomic mass is 9.95. The van der Waals surface area contributed by atoms with Gasteiger partial charge in [0, 0.05) is 12.0 Å². The van der Waals surface area contributed by atoms with Crippen LogP contribution in [0.5, 0.6) is 5.75 Å². The summed E-state index contributed by atoms with van der Waals surface area (Å²) in [5.74, 6) is 0.450. The molecule has 92 valence electrons. The minimum absolute atomic E-state index is 0.0605. The fourth-order valence-electron chi connectivity index (χ4n) is 2.79. The molecule has 2 fully saturated rings. The summed E-state index contributed by atoms with van der Waals surface area (Å²) in [4.78, 5) is 0. The number of halogens is 3. The number of hydrogen-bond acceptors (Lipinski definition) is 2. The van der Waals surface area contributed by atoms with Crippen LogP contribution in [0.4, 0.5) is 13.2 Å². The van der Waals surface area contributed by atoms with Crippen molar-refractivity contribution in [1.82, 2.24) is 5.32 Å². The van der Waals surface area contributed by atoms with Crippen LogP contribution in [0.2, 0.25) is 0 Å². The van der Waals surface area contributed by atoms with Crippen molar-refractivity contribution < 1.29 is 17.9 Å². The molecular formula is C12H12F3NO. The van der Waals surface area contributed by atoms with Gasteiger partial charge in [0.15, 0.2) is 0 Å². The van der Waals surface area contributed by atoms with E-state index in [1.54, 1.807) is 6.07 Å². The van der Waals surface area contributed by atoms with Gasteiger partial charge in [-0.1, -0.05) is 12.1 Å². The molecular weight excluding hydrogens is 231 g/mol. The molecule has 1 aliphatic carbocycles. The van der Waals surface area contributed by atoms with Gasteiger partial charge in [-0.2, -0.15) is 0 Å². The Morgan fingerprint density at radius 2 is 2.18 bits per heavy atom. The Morgan fingerprint density at radius 3 is 2.76 bits per heavy atom. The lowest BCUT2D eigenvalue weighted by molar-refractivity contribution is -0.274. The number of ether oxygens (including phenoxy) is 1. The van der Waals surface area contributed by atoms with Gasteiger partial charge in [0.25, 0.3) is 0 Å². The summed E-state index contributed by atoms with van der Waals surface area (Å²) in [5, 5.41) is 3.27. The smallest absolute Gasteiger partial charge is 0.406 e. The van der Waals surface area contributed by atoms with Crippen LogP contribution in [-0.4, -0.2) is 19.5 Å². The van der Waals surface area contributed by atoms with Crippen LogP contribution in [0, 0.1) is 5.92 Å². The first kappa shape index (κ1) is 10.9. The number of fused-ring (bicyclic) bond motifs is 1. The van der Waals surface area contributed by atoms with Crippen molar-refractivity contribution in [3.05, 3.63) is 29.8 Å². The Balaban J connectivity index is 1.85. The van der Waals surface area contributed by atoms with E-state index in [-0.39, 0.29) is 11.2 Å². The Kier molecular flexibility index (Phi) is 2.17. The maximum absolute atomic E-state index is 12.1. The molecule has 2 nitrogen and oxygen atoms in total. The molecule has 1 aliphatic heterocycles. The standard InChI is InChI=1S/C12H12F3NO/c13-12(14,15)17-10-3-1-2-8(4-10)11-5-9(11)6-16-7-11/h1-4,9,16H,5-7H2/t9-,11+/m1/s1. The van der Waals surface area contributed by atoms with Crippen LogP contribution in [0.15, 0.2) is 24.3 Å². The van der Waals surface area contributed by atoms with Gasteiger partial charge in [0.05, 0.1) is 0 Å². The van der Waals surface area contributed by atoms with Gasteiger partial charge in [0.2, 0.25) is 0 Å². The number of alkyl halides is 3. The molecule has 5 heteroatoms. The lowest BCUT2D eigenvalue weighted by Gasteiger charge is -2.15. The molecule has 2 atom stereocenters. The predicted molar refractivity (Wildman–Crippen MR) is 55.8 cm³/mol. The summed E-state index contributed by atoms with van der Waals surface area (Å²) in [5.41, 5.74) is 1.01. The SMILES string of the molecule is FC(F)(F)Oc1cccc([C@]23CNC[C@H]2C3)c1. The Labute approximate surface area is 96.8 Å². The van der Waals surface area contributed by atoms with Crippen molar-refractivity contribution >= 4 is 0 Å². The van der Waals surface area contributed by atoms with Crippen molar-refractivity contribution in [3.8, 4) is 5.75 Å². The molecule has 1 aromatic rings. The summed E-state index contributed by atoms with van der Waals surface area (Å²) in [7, 11) is 0. The third kappa shape index (κ3) is 1.88. The van der Waals surface area contributed by atoms with Crippen LogP contribution < -0.4 is 10.1 Å². The zero-order chi connectivity index (χ0) is 12.1. The third-order valence-electron chi connectivity index (χ3n) is 3.71. The Bertz CT molecular complexity index is 446. The van der Waals surface area contributed by atoms with Crippen LogP contribution in [0.1, 0.15) is 12.0 Å². The molecule has 1 saturated heterocycles. The van der Waals surface area contributed by atoms with Crippen LogP contribution in [0.3, 0.4) is 0 Å². The van der Waals surface area contributed by atoms with Gasteiger partial charge >= 0.3 is 6.36 Å². The zero-order valence-electron chi connectivity index (χ0n) is 9.05. The minimum atomic E-state index is -4.62. The monoisotopic (exact) mass is 243 g/mol. The molecule has 0 radical (unpaired) electrons. The molecule has 0 bridgehead atoms. The van der Waals surface area contributed by atoms with E-state index >= 15 is 0 Å². The second-order valence-electron chi connectivity index (χ2n) is 4.76. The van der Waals surface area contributed by atoms with E-state index in [1.807, 2.05) is 6.07 Å². The molecule has 3 rings (SSSR count). The average molecular weight is 243 g/mol. The number of rotatable bonds is 2. The fourth-order valence-corrected chi connectivity index (χ4v) is 2.79. The van der Waals surface area contributed by atoms with Gasteiger partial charge in [0.1, 0.15) is 5.75 Å². The average Bonchev–Trinajstić information content (AvgIpc) is 2.80. The number of piperidine rings is 1. The molecule has 1 heterocycles. The summed E-state index contributed by atoms with van der Waals surface area (Å²) in [6, 6.07) is 6.36. The highest BCUT2D eigenvalue weighted by Crippen LogP contribution is 2.56. The van der Waals surface area contributed by atoms with Gasteiger partial charge in [-0.3, -0.25) is 0 Å². The quantitative estimate of drug-likeness (QED) is 0.861. The second kappa shape index (κ2) is 3.38. The zero-order valence-corrected chi connectivity index (χ0v) is 9.05. The summed E-state index contributed by atoms with van der Waals surface area (Å²) in [6.07, 6.45) is -3.55. The van der Waals surface area contributed by atoms with Crippen molar-refractivity contribution in [2.45, 2.75) is 18.2 Å². The summed E-state index contributed by atoms with van der Waals surface area (Å²) >= 11 is 0. The normalized spacial score (nSPS) is 31.1. The lowest BCUT2D eigenvalue weighted by Crippen LogP contribution is -2.20. The van der Waals surface area contributed by atoms with Crippen molar-refractivity contribution in [2.24, 2.45) is 5.92 Å². The first-order valence-electron chi connectivity index (χ1n) is 5.57. The number of nitrogens with one attached hydrogen (secondary N) is 1. The van der Waals surface area contributed by atoms with E-state index in [0.717, 1.165) is 25.1 Å². The van der Waals surface area contributed by atoms with Crippen LogP contribution in [-0.2, 0) is 5.41 Å². The van der Waals surface area contributed by atoms with Gasteiger partial charge < -0.3 is 10.1 Å². The molecule has 1 aromatic carbocycles. The molecule has 1 N–H and O–H groups in total. The van der Waals surface area contributed by atoms with Crippen LogP contribution in [0.25, 0.3) is 0 Å². The van der Waals surface area contributed by atoms with E-state index in [2.05, 4.69) is 10.1 Å². The fraction of sp³-hybridized carbons (Fsp3) is 0.500. The van der Waals surface area contributed by atoms with Crippen molar-refractivity contribution in [1.29, 1.82) is 0 Å². The highest BCUT2D eigenvalue weighted by molar-refractivity contribution is 5.41. The number of benzene rings is 1. The Hall–Kier alpha value is -1.23. The van der Waals surface area contributed by atoms with E-state index in [1.165, 1.54) is 12.1 Å². The topological polar surface area (TPSA) is 21.3 Å². The first-order chi connectivity index (χ1) is 8.00. The van der Waals surface area contributed by atoms with Crippen molar-refractivity contribution in [3.63, 3.8) is 0 Å². The maximum atomic E-state index is 12.1. The highest BCUT2D eigenvalue weighted by atomic mass is 19.4. The van der Waals surface area contributed by atoms with Gasteiger partial charge in [-0.15, -0.1) is 13.2 Å². The van der Waals surface area contributed by atoms with Crippen molar-refractivity contribution in [2.75, 3.05) is 13.1 Å². The maximum Gasteiger partial charge on any atom is 0.573 e. The largest absolute Gasteiger partial charge is 0.573 e. The molecule has 0 aromatic heterocycles. The number of hydrogen-bond donors (Lipinski definition) is 1. The molecule has 17 heavy (non-hydrogen) atoms. The predicted octanol–water partition coefficient (Wildman–Crippen LogP) is 2.45. The Morgan fingerprint density at radius 1 is 1.35 bits per heavy atom. The molecule has 0 spiro atoms. The van der Waals surface area contributed by atoms with Gasteiger partial charge in [-0.05, 0) is 36.6 Å². The summed E-state index contributed by atoms with van der Waals surface area (Å²) in [6.45, 7) is 1.82. The van der Waals surface area contributed by atoms with Gasteiger partial charge in [-0.25, -0.2) is 0 Å². The first-order valence-corrected chi connectivity index (χ1v) is 5.57. The molecule has 0 amide bonds. The van der Waals surface area contributed by atoms with E-state index in [9.17, 15) is 13.2 Å². The van der Waals surface area contributed by atoms with E-state index < -0.39 is 6.36 Å². The van der Waals surface area contributed by atoms with E-state index in [0.29, 0.717) is 5.92 Å². The second-order valence-corrected chi connectivity index (χ2v) is 4.76. The highest BCUT2D eigenvalue weighted by Gasteiger charge is 2.58. The molecule has 1 saturated carbocycles. The third-order valence-corrected chi connectivity index (χ3v) is 3.71. The van der Waals surface area contributed by atoms with E-state index in [4.69, 9.17) is 0 Å². The minimum Gasteiger partial charge on any atom is -0.406 e. The van der Waals surface area contributed by atoms with Crippen LogP contribution >= 0.6 is 0 Å².